The second-order valence-corrected chi connectivity index (χ2v) is 6.67. The van der Waals surface area contributed by atoms with Gasteiger partial charge in [0, 0.05) is 32.7 Å². The van der Waals surface area contributed by atoms with Crippen LogP contribution in [0, 0.1) is 5.92 Å². The van der Waals surface area contributed by atoms with Crippen molar-refractivity contribution in [3.8, 4) is 0 Å². The first-order valence-corrected chi connectivity index (χ1v) is 8.31. The zero-order valence-electron chi connectivity index (χ0n) is 14.5. The molecule has 0 aromatic heterocycles. The molecule has 0 unspecified atom stereocenters. The SMILES string of the molecule is COCC[C@@]1(O)CCN(C(=O)Cc2ccccc2C(F)(F)F)C[C@@H]1C. The van der Waals surface area contributed by atoms with Crippen molar-refractivity contribution in [2.75, 3.05) is 26.8 Å². The molecule has 1 saturated heterocycles. The first-order valence-electron chi connectivity index (χ1n) is 8.31. The number of benzene rings is 1. The molecule has 0 radical (unpaired) electrons. The van der Waals surface area contributed by atoms with Gasteiger partial charge in [0.05, 0.1) is 17.6 Å². The Morgan fingerprint density at radius 2 is 2.08 bits per heavy atom. The van der Waals surface area contributed by atoms with Gasteiger partial charge in [-0.25, -0.2) is 0 Å². The van der Waals surface area contributed by atoms with Gasteiger partial charge in [-0.1, -0.05) is 25.1 Å². The molecule has 1 heterocycles. The fourth-order valence-corrected chi connectivity index (χ4v) is 3.27. The predicted molar refractivity (Wildman–Crippen MR) is 87.0 cm³/mol. The Morgan fingerprint density at radius 1 is 1.40 bits per heavy atom. The van der Waals surface area contributed by atoms with Crippen molar-refractivity contribution in [1.29, 1.82) is 0 Å². The van der Waals surface area contributed by atoms with E-state index in [-0.39, 0.29) is 23.8 Å². The lowest BCUT2D eigenvalue weighted by Gasteiger charge is -2.43. The van der Waals surface area contributed by atoms with Crippen LogP contribution in [0.5, 0.6) is 0 Å². The zero-order chi connectivity index (χ0) is 18.7. The van der Waals surface area contributed by atoms with E-state index in [1.54, 1.807) is 12.0 Å². The Bertz CT molecular complexity index is 605. The van der Waals surface area contributed by atoms with Gasteiger partial charge in [0.2, 0.25) is 5.91 Å². The van der Waals surface area contributed by atoms with Crippen LogP contribution < -0.4 is 0 Å². The number of aliphatic hydroxyl groups is 1. The highest BCUT2D eigenvalue weighted by molar-refractivity contribution is 5.79. The number of rotatable bonds is 5. The topological polar surface area (TPSA) is 49.8 Å². The van der Waals surface area contributed by atoms with Crippen LogP contribution in [0.15, 0.2) is 24.3 Å². The lowest BCUT2D eigenvalue weighted by Crippen LogP contribution is -2.53. The van der Waals surface area contributed by atoms with E-state index in [0.717, 1.165) is 6.07 Å². The minimum absolute atomic E-state index is 0.0205. The van der Waals surface area contributed by atoms with Crippen LogP contribution in [0.1, 0.15) is 30.9 Å². The highest BCUT2D eigenvalue weighted by atomic mass is 19.4. The number of likely N-dealkylation sites (tertiary alicyclic amines) is 1. The molecule has 0 saturated carbocycles. The second-order valence-electron chi connectivity index (χ2n) is 6.67. The van der Waals surface area contributed by atoms with Gasteiger partial charge in [0.1, 0.15) is 0 Å². The quantitative estimate of drug-likeness (QED) is 0.880. The molecular formula is C18H24F3NO3. The van der Waals surface area contributed by atoms with Crippen molar-refractivity contribution in [2.45, 2.75) is 38.0 Å². The molecular weight excluding hydrogens is 335 g/mol. The molecule has 1 aliphatic heterocycles. The van der Waals surface area contributed by atoms with Crippen molar-refractivity contribution in [3.63, 3.8) is 0 Å². The van der Waals surface area contributed by atoms with Crippen LogP contribution in [-0.2, 0) is 22.1 Å². The smallest absolute Gasteiger partial charge is 0.389 e. The molecule has 140 valence electrons. The molecule has 0 spiro atoms. The Morgan fingerprint density at radius 3 is 2.68 bits per heavy atom. The van der Waals surface area contributed by atoms with E-state index in [9.17, 15) is 23.1 Å². The highest BCUT2D eigenvalue weighted by Crippen LogP contribution is 2.34. The average Bonchev–Trinajstić information content (AvgIpc) is 2.55. The summed E-state index contributed by atoms with van der Waals surface area (Å²) in [5, 5.41) is 10.6. The van der Waals surface area contributed by atoms with Gasteiger partial charge in [-0.05, 0) is 24.5 Å². The lowest BCUT2D eigenvalue weighted by atomic mass is 9.79. The van der Waals surface area contributed by atoms with Crippen molar-refractivity contribution < 1.29 is 27.8 Å². The Balaban J connectivity index is 2.04. The van der Waals surface area contributed by atoms with Crippen LogP contribution in [0.3, 0.4) is 0 Å². The molecule has 0 bridgehead atoms. The Kier molecular flexibility index (Phi) is 6.11. The molecule has 2 atom stereocenters. The average molecular weight is 359 g/mol. The van der Waals surface area contributed by atoms with Gasteiger partial charge in [0.15, 0.2) is 0 Å². The number of nitrogens with zero attached hydrogens (tertiary/aromatic N) is 1. The first-order chi connectivity index (χ1) is 11.7. The number of methoxy groups -OCH3 is 1. The maximum atomic E-state index is 13.1. The predicted octanol–water partition coefficient (Wildman–Crippen LogP) is 2.88. The summed E-state index contributed by atoms with van der Waals surface area (Å²) in [6.45, 7) is 2.93. The maximum absolute atomic E-state index is 13.1. The summed E-state index contributed by atoms with van der Waals surface area (Å²) < 4.78 is 44.2. The number of halogens is 3. The number of hydrogen-bond acceptors (Lipinski definition) is 3. The van der Waals surface area contributed by atoms with Crippen LogP contribution in [0.4, 0.5) is 13.2 Å². The summed E-state index contributed by atoms with van der Waals surface area (Å²) in [6, 6.07) is 5.14. The normalized spacial score (nSPS) is 24.4. The summed E-state index contributed by atoms with van der Waals surface area (Å²) in [6.07, 6.45) is -3.90. The van der Waals surface area contributed by atoms with Gasteiger partial charge < -0.3 is 14.7 Å². The van der Waals surface area contributed by atoms with E-state index in [1.807, 2.05) is 6.92 Å². The molecule has 2 rings (SSSR count). The second kappa shape index (κ2) is 7.74. The highest BCUT2D eigenvalue weighted by Gasteiger charge is 2.40. The van der Waals surface area contributed by atoms with E-state index >= 15 is 0 Å². The van der Waals surface area contributed by atoms with E-state index in [4.69, 9.17) is 4.74 Å². The summed E-state index contributed by atoms with van der Waals surface area (Å²) in [7, 11) is 1.56. The number of piperidine rings is 1. The molecule has 1 fully saturated rings. The third kappa shape index (κ3) is 4.73. The molecule has 7 heteroatoms. The van der Waals surface area contributed by atoms with E-state index in [0.29, 0.717) is 32.5 Å². The number of carbonyl (C=O) groups is 1. The van der Waals surface area contributed by atoms with Gasteiger partial charge in [-0.2, -0.15) is 13.2 Å². The first kappa shape index (κ1) is 19.7. The number of carbonyl (C=O) groups excluding carboxylic acids is 1. The molecule has 1 aromatic carbocycles. The van der Waals surface area contributed by atoms with Crippen molar-refractivity contribution >= 4 is 5.91 Å². The summed E-state index contributed by atoms with van der Waals surface area (Å²) in [4.78, 5) is 14.0. The van der Waals surface area contributed by atoms with Crippen LogP contribution in [-0.4, -0.2) is 48.3 Å². The summed E-state index contributed by atoms with van der Waals surface area (Å²) >= 11 is 0. The minimum atomic E-state index is -4.48. The molecule has 25 heavy (non-hydrogen) atoms. The molecule has 1 aliphatic rings. The van der Waals surface area contributed by atoms with Gasteiger partial charge >= 0.3 is 6.18 Å². The van der Waals surface area contributed by atoms with E-state index < -0.39 is 17.3 Å². The van der Waals surface area contributed by atoms with Crippen LogP contribution in [0.2, 0.25) is 0 Å². The zero-order valence-corrected chi connectivity index (χ0v) is 14.5. The Labute approximate surface area is 145 Å². The van der Waals surface area contributed by atoms with Gasteiger partial charge in [0.25, 0.3) is 0 Å². The molecule has 0 aliphatic carbocycles. The largest absolute Gasteiger partial charge is 0.416 e. The standard InChI is InChI=1S/C18H24F3NO3/c1-13-12-22(9-7-17(13,24)8-10-25-2)16(23)11-14-5-3-4-6-15(14)18(19,20)21/h3-6,13,24H,7-12H2,1-2H3/t13-,17-/m0/s1. The molecule has 4 nitrogen and oxygen atoms in total. The van der Waals surface area contributed by atoms with Crippen molar-refractivity contribution in [3.05, 3.63) is 35.4 Å². The van der Waals surface area contributed by atoms with Crippen LogP contribution in [0.25, 0.3) is 0 Å². The Hall–Kier alpha value is -1.60. The third-order valence-electron chi connectivity index (χ3n) is 4.98. The van der Waals surface area contributed by atoms with Gasteiger partial charge in [-0.3, -0.25) is 4.79 Å². The molecule has 1 aromatic rings. The fourth-order valence-electron chi connectivity index (χ4n) is 3.27. The lowest BCUT2D eigenvalue weighted by molar-refractivity contribution is -0.141. The fraction of sp³-hybridized carbons (Fsp3) is 0.611. The molecule has 1 amide bonds. The number of hydrogen-bond donors (Lipinski definition) is 1. The summed E-state index contributed by atoms with van der Waals surface area (Å²) in [5.74, 6) is -0.518. The number of amides is 1. The van der Waals surface area contributed by atoms with Crippen molar-refractivity contribution in [1.82, 2.24) is 4.90 Å². The van der Waals surface area contributed by atoms with E-state index in [1.165, 1.54) is 18.2 Å². The van der Waals surface area contributed by atoms with E-state index in [2.05, 4.69) is 0 Å². The number of alkyl halides is 3. The third-order valence-corrected chi connectivity index (χ3v) is 4.98. The van der Waals surface area contributed by atoms with Crippen molar-refractivity contribution in [2.24, 2.45) is 5.92 Å². The van der Waals surface area contributed by atoms with Crippen LogP contribution >= 0.6 is 0 Å². The maximum Gasteiger partial charge on any atom is 0.416 e. The van der Waals surface area contributed by atoms with Gasteiger partial charge in [-0.15, -0.1) is 0 Å². The minimum Gasteiger partial charge on any atom is -0.389 e. The monoisotopic (exact) mass is 359 g/mol. The number of ether oxygens (including phenoxy) is 1. The molecule has 1 N–H and O–H groups in total. The summed E-state index contributed by atoms with van der Waals surface area (Å²) in [5.41, 5.74) is -1.70.